The van der Waals surface area contributed by atoms with E-state index in [1.54, 1.807) is 0 Å². The van der Waals surface area contributed by atoms with Gasteiger partial charge in [-0.2, -0.15) is 0 Å². The van der Waals surface area contributed by atoms with Crippen molar-refractivity contribution >= 4 is 5.91 Å². The first-order valence-corrected chi connectivity index (χ1v) is 3.44. The third-order valence-electron chi connectivity index (χ3n) is 1.38. The quantitative estimate of drug-likeness (QED) is 0.708. The Morgan fingerprint density at radius 1 is 1.38 bits per heavy atom. The van der Waals surface area contributed by atoms with Gasteiger partial charge in [0.15, 0.2) is 0 Å². The molecule has 1 aromatic rings. The van der Waals surface area contributed by atoms with Crippen molar-refractivity contribution < 1.29 is 18.4 Å². The lowest BCUT2D eigenvalue weighted by Crippen LogP contribution is -2.24. The Balaban J connectivity index is 3.05. The molecule has 1 aromatic carbocycles. The summed E-state index contributed by atoms with van der Waals surface area (Å²) in [5.41, 5.74) is 1.18. The highest BCUT2D eigenvalue weighted by Gasteiger charge is 2.16. The third kappa shape index (κ3) is 2.00. The summed E-state index contributed by atoms with van der Waals surface area (Å²) in [6, 6.07) is 3.16. The van der Waals surface area contributed by atoms with E-state index in [1.165, 1.54) is 13.2 Å². The topological polar surface area (TPSA) is 38.3 Å². The fourth-order valence-electron chi connectivity index (χ4n) is 0.858. The molecule has 0 unspecified atom stereocenters. The smallest absolute Gasteiger partial charge is 0.277 e. The third-order valence-corrected chi connectivity index (χ3v) is 1.38. The molecule has 0 aliphatic carbocycles. The molecule has 0 aliphatic heterocycles. The first kappa shape index (κ1) is 9.60. The fraction of sp³-hybridized carbons (Fsp3) is 0.125. The molecule has 0 spiro atoms. The van der Waals surface area contributed by atoms with E-state index in [9.17, 15) is 13.6 Å². The number of benzene rings is 1. The van der Waals surface area contributed by atoms with Crippen LogP contribution in [0.4, 0.5) is 8.78 Å². The number of rotatable bonds is 2. The maximum Gasteiger partial charge on any atom is 0.280 e. The minimum absolute atomic E-state index is 0.649. The van der Waals surface area contributed by atoms with Gasteiger partial charge in [-0.25, -0.2) is 14.3 Å². The van der Waals surface area contributed by atoms with E-state index in [0.717, 1.165) is 12.1 Å². The molecule has 0 saturated heterocycles. The number of halogens is 2. The molecule has 5 heteroatoms. The summed E-state index contributed by atoms with van der Waals surface area (Å²) in [6.07, 6.45) is 0. The van der Waals surface area contributed by atoms with Crippen LogP contribution in [0.1, 0.15) is 10.4 Å². The number of carbonyl (C=O) groups excluding carboxylic acids is 1. The lowest BCUT2D eigenvalue weighted by atomic mass is 10.2. The van der Waals surface area contributed by atoms with Crippen LogP contribution in [0.15, 0.2) is 18.2 Å². The molecule has 0 aromatic heterocycles. The van der Waals surface area contributed by atoms with Gasteiger partial charge in [-0.15, -0.1) is 0 Å². The molecule has 1 amide bonds. The average Bonchev–Trinajstić information content (AvgIpc) is 2.04. The van der Waals surface area contributed by atoms with E-state index in [0.29, 0.717) is 0 Å². The van der Waals surface area contributed by atoms with Crippen LogP contribution in [0.3, 0.4) is 0 Å². The minimum Gasteiger partial charge on any atom is -0.277 e. The number of hydrogen-bond acceptors (Lipinski definition) is 2. The summed E-state index contributed by atoms with van der Waals surface area (Å²) >= 11 is 0. The van der Waals surface area contributed by atoms with E-state index in [2.05, 4.69) is 4.84 Å². The van der Waals surface area contributed by atoms with Crippen molar-refractivity contribution in [2.75, 3.05) is 7.11 Å². The summed E-state index contributed by atoms with van der Waals surface area (Å²) in [4.78, 5) is 15.2. The largest absolute Gasteiger partial charge is 0.280 e. The number of amides is 1. The lowest BCUT2D eigenvalue weighted by Gasteiger charge is -2.03. The van der Waals surface area contributed by atoms with Gasteiger partial charge in [0.1, 0.15) is 17.2 Å². The molecule has 0 saturated carbocycles. The van der Waals surface area contributed by atoms with E-state index in [1.807, 2.05) is 5.48 Å². The van der Waals surface area contributed by atoms with Crippen LogP contribution >= 0.6 is 0 Å². The van der Waals surface area contributed by atoms with Crippen molar-refractivity contribution in [3.8, 4) is 0 Å². The Bertz CT molecular complexity index is 308. The lowest BCUT2D eigenvalue weighted by molar-refractivity contribution is 0.0529. The van der Waals surface area contributed by atoms with Crippen molar-refractivity contribution in [2.24, 2.45) is 0 Å². The summed E-state index contributed by atoms with van der Waals surface area (Å²) in [5, 5.41) is 0. The predicted octanol–water partition coefficient (Wildman–Crippen LogP) is 1.26. The maximum atomic E-state index is 12.9. The number of hydroxylamine groups is 1. The van der Waals surface area contributed by atoms with Crippen molar-refractivity contribution in [3.05, 3.63) is 35.4 Å². The molecular formula is C8H7F2NO2. The number of nitrogens with one attached hydrogen (secondary N) is 1. The van der Waals surface area contributed by atoms with Crippen LogP contribution in [0.2, 0.25) is 0 Å². The molecule has 0 atom stereocenters. The molecule has 0 aliphatic rings. The molecule has 0 bridgehead atoms. The fourth-order valence-corrected chi connectivity index (χ4v) is 0.858. The monoisotopic (exact) mass is 187 g/mol. The molecular weight excluding hydrogens is 180 g/mol. The molecule has 3 nitrogen and oxygen atoms in total. The highest BCUT2D eigenvalue weighted by molar-refractivity contribution is 5.93. The van der Waals surface area contributed by atoms with Crippen molar-refractivity contribution in [1.82, 2.24) is 5.48 Å². The van der Waals surface area contributed by atoms with Gasteiger partial charge in [0.25, 0.3) is 5.91 Å². The van der Waals surface area contributed by atoms with E-state index in [-0.39, 0.29) is 0 Å². The van der Waals surface area contributed by atoms with Gasteiger partial charge in [0.2, 0.25) is 0 Å². The van der Waals surface area contributed by atoms with Crippen LogP contribution in [-0.2, 0) is 4.84 Å². The Morgan fingerprint density at radius 2 is 1.92 bits per heavy atom. The van der Waals surface area contributed by atoms with E-state index < -0.39 is 23.1 Å². The van der Waals surface area contributed by atoms with E-state index in [4.69, 9.17) is 0 Å². The minimum atomic E-state index is -0.946. The summed E-state index contributed by atoms with van der Waals surface area (Å²) in [7, 11) is 1.18. The second-order valence-corrected chi connectivity index (χ2v) is 2.23. The van der Waals surface area contributed by atoms with Gasteiger partial charge < -0.3 is 0 Å². The standard InChI is InChI=1S/C8H7F2NO2/c1-13-11-8(12)7-5(9)3-2-4-6(7)10/h2-4H,1H3,(H,11,12). The summed E-state index contributed by atoms with van der Waals surface area (Å²) in [6.45, 7) is 0. The maximum absolute atomic E-state index is 12.9. The van der Waals surface area contributed by atoms with Crippen molar-refractivity contribution in [1.29, 1.82) is 0 Å². The van der Waals surface area contributed by atoms with Crippen LogP contribution in [0.25, 0.3) is 0 Å². The van der Waals surface area contributed by atoms with Crippen molar-refractivity contribution in [2.45, 2.75) is 0 Å². The Hall–Kier alpha value is -1.49. The Kier molecular flexibility index (Phi) is 2.92. The zero-order valence-corrected chi connectivity index (χ0v) is 6.80. The zero-order chi connectivity index (χ0) is 9.84. The molecule has 0 heterocycles. The average molecular weight is 187 g/mol. The summed E-state index contributed by atoms with van der Waals surface area (Å²) < 4.78 is 25.7. The first-order valence-electron chi connectivity index (χ1n) is 3.44. The van der Waals surface area contributed by atoms with Crippen LogP contribution in [-0.4, -0.2) is 13.0 Å². The Labute approximate surface area is 73.3 Å². The van der Waals surface area contributed by atoms with Crippen LogP contribution in [0.5, 0.6) is 0 Å². The first-order chi connectivity index (χ1) is 6.16. The Morgan fingerprint density at radius 3 is 2.38 bits per heavy atom. The molecule has 70 valence electrons. The van der Waals surface area contributed by atoms with Gasteiger partial charge in [0, 0.05) is 0 Å². The molecule has 0 fully saturated rings. The van der Waals surface area contributed by atoms with Gasteiger partial charge >= 0.3 is 0 Å². The second kappa shape index (κ2) is 3.95. The number of carbonyl (C=O) groups is 1. The highest BCUT2D eigenvalue weighted by Crippen LogP contribution is 2.11. The van der Waals surface area contributed by atoms with Gasteiger partial charge in [-0.05, 0) is 12.1 Å². The van der Waals surface area contributed by atoms with Crippen molar-refractivity contribution in [3.63, 3.8) is 0 Å². The predicted molar refractivity (Wildman–Crippen MR) is 40.8 cm³/mol. The highest BCUT2D eigenvalue weighted by atomic mass is 19.1. The normalized spacial score (nSPS) is 9.77. The second-order valence-electron chi connectivity index (χ2n) is 2.23. The molecule has 0 radical (unpaired) electrons. The SMILES string of the molecule is CONC(=O)c1c(F)cccc1F. The molecule has 1 N–H and O–H groups in total. The van der Waals surface area contributed by atoms with Crippen LogP contribution in [0, 0.1) is 11.6 Å². The van der Waals surface area contributed by atoms with Gasteiger partial charge in [-0.1, -0.05) is 6.07 Å². The molecule has 13 heavy (non-hydrogen) atoms. The van der Waals surface area contributed by atoms with Crippen LogP contribution < -0.4 is 5.48 Å². The van der Waals surface area contributed by atoms with Gasteiger partial charge in [-0.3, -0.25) is 9.63 Å². The number of hydrogen-bond donors (Lipinski definition) is 1. The molecule has 1 rings (SSSR count). The van der Waals surface area contributed by atoms with E-state index >= 15 is 0 Å². The van der Waals surface area contributed by atoms with Gasteiger partial charge in [0.05, 0.1) is 7.11 Å². The summed E-state index contributed by atoms with van der Waals surface area (Å²) in [5.74, 6) is -2.79. The zero-order valence-electron chi connectivity index (χ0n) is 6.80.